The second kappa shape index (κ2) is 5.55. The maximum atomic E-state index is 11.8. The van der Waals surface area contributed by atoms with Crippen LogP contribution in [0.3, 0.4) is 0 Å². The fourth-order valence-corrected chi connectivity index (χ4v) is 1.16. The molecule has 1 aromatic rings. The molecule has 2 atom stereocenters. The van der Waals surface area contributed by atoms with Crippen molar-refractivity contribution in [2.75, 3.05) is 0 Å². The highest BCUT2D eigenvalue weighted by Crippen LogP contribution is 2.21. The number of aliphatic carboxylic acids is 1. The van der Waals surface area contributed by atoms with Crippen LogP contribution in [0.5, 0.6) is 5.75 Å². The van der Waals surface area contributed by atoms with Gasteiger partial charge in [-0.1, -0.05) is 12.1 Å². The van der Waals surface area contributed by atoms with Crippen molar-refractivity contribution in [3.63, 3.8) is 0 Å². The van der Waals surface area contributed by atoms with E-state index in [0.717, 1.165) is 12.1 Å². The molecule has 7 heteroatoms. The molecule has 0 aliphatic rings. The third-order valence-electron chi connectivity index (χ3n) is 2.00. The van der Waals surface area contributed by atoms with Crippen LogP contribution in [0.1, 0.15) is 11.7 Å². The number of alkyl halides is 2. The van der Waals surface area contributed by atoms with Crippen LogP contribution >= 0.6 is 0 Å². The van der Waals surface area contributed by atoms with Crippen molar-refractivity contribution >= 4 is 5.97 Å². The van der Waals surface area contributed by atoms with Crippen LogP contribution < -0.4 is 4.74 Å². The SMILES string of the molecule is O=C(O)C(O)C(O)c1ccc(OC(F)F)cc1. The lowest BCUT2D eigenvalue weighted by atomic mass is 10.0. The first kappa shape index (κ1) is 13.3. The molecule has 0 aliphatic heterocycles. The van der Waals surface area contributed by atoms with Crippen LogP contribution in [-0.2, 0) is 4.79 Å². The van der Waals surface area contributed by atoms with Gasteiger partial charge in [0.25, 0.3) is 0 Å². The van der Waals surface area contributed by atoms with E-state index in [9.17, 15) is 18.7 Å². The molecular formula is C10H10F2O5. The van der Waals surface area contributed by atoms with Crippen molar-refractivity contribution in [2.45, 2.75) is 18.8 Å². The van der Waals surface area contributed by atoms with Gasteiger partial charge < -0.3 is 20.1 Å². The lowest BCUT2D eigenvalue weighted by Crippen LogP contribution is -2.27. The van der Waals surface area contributed by atoms with E-state index in [0.29, 0.717) is 0 Å². The second-order valence-corrected chi connectivity index (χ2v) is 3.18. The van der Waals surface area contributed by atoms with E-state index in [1.165, 1.54) is 12.1 Å². The zero-order chi connectivity index (χ0) is 13.0. The summed E-state index contributed by atoms with van der Waals surface area (Å²) in [7, 11) is 0. The molecule has 0 saturated heterocycles. The third kappa shape index (κ3) is 3.65. The summed E-state index contributed by atoms with van der Waals surface area (Å²) in [6.07, 6.45) is -3.61. The summed E-state index contributed by atoms with van der Waals surface area (Å²) in [5, 5.41) is 26.9. The number of aliphatic hydroxyl groups is 2. The van der Waals surface area contributed by atoms with Crippen molar-refractivity contribution in [1.82, 2.24) is 0 Å². The standard InChI is InChI=1S/C10H10F2O5/c11-10(12)17-6-3-1-5(2-4-6)7(13)8(14)9(15)16/h1-4,7-8,10,13-14H,(H,15,16). The van der Waals surface area contributed by atoms with Crippen LogP contribution in [0.2, 0.25) is 0 Å². The average molecular weight is 248 g/mol. The smallest absolute Gasteiger partial charge is 0.387 e. The van der Waals surface area contributed by atoms with Crippen molar-refractivity contribution < 1.29 is 33.6 Å². The zero-order valence-corrected chi connectivity index (χ0v) is 8.46. The number of ether oxygens (including phenoxy) is 1. The molecule has 1 aromatic carbocycles. The Morgan fingerprint density at radius 2 is 1.71 bits per heavy atom. The monoisotopic (exact) mass is 248 g/mol. The Morgan fingerprint density at radius 3 is 2.12 bits per heavy atom. The minimum absolute atomic E-state index is 0.0847. The van der Waals surface area contributed by atoms with Gasteiger partial charge in [0.15, 0.2) is 6.10 Å². The van der Waals surface area contributed by atoms with Crippen molar-refractivity contribution in [2.24, 2.45) is 0 Å². The number of rotatable bonds is 5. The summed E-state index contributed by atoms with van der Waals surface area (Å²) >= 11 is 0. The maximum absolute atomic E-state index is 11.8. The van der Waals surface area contributed by atoms with Gasteiger partial charge in [-0.3, -0.25) is 0 Å². The number of carboxylic acids is 1. The number of carbonyl (C=O) groups is 1. The van der Waals surface area contributed by atoms with Gasteiger partial charge in [0.1, 0.15) is 11.9 Å². The predicted molar refractivity (Wildman–Crippen MR) is 51.7 cm³/mol. The van der Waals surface area contributed by atoms with E-state index >= 15 is 0 Å². The van der Waals surface area contributed by atoms with Gasteiger partial charge in [-0.25, -0.2) is 4.79 Å². The third-order valence-corrected chi connectivity index (χ3v) is 2.00. The maximum Gasteiger partial charge on any atom is 0.387 e. The molecule has 3 N–H and O–H groups in total. The lowest BCUT2D eigenvalue weighted by molar-refractivity contribution is -0.153. The fourth-order valence-electron chi connectivity index (χ4n) is 1.16. The van der Waals surface area contributed by atoms with Crippen molar-refractivity contribution in [3.05, 3.63) is 29.8 Å². The molecule has 0 heterocycles. The van der Waals surface area contributed by atoms with E-state index in [1.54, 1.807) is 0 Å². The Bertz CT molecular complexity index is 379. The fraction of sp³-hybridized carbons (Fsp3) is 0.300. The second-order valence-electron chi connectivity index (χ2n) is 3.18. The number of aliphatic hydroxyl groups excluding tert-OH is 2. The Kier molecular flexibility index (Phi) is 4.36. The van der Waals surface area contributed by atoms with Crippen LogP contribution in [0.4, 0.5) is 8.78 Å². The van der Waals surface area contributed by atoms with E-state index in [-0.39, 0.29) is 11.3 Å². The molecule has 94 valence electrons. The highest BCUT2D eigenvalue weighted by atomic mass is 19.3. The number of hydrogen-bond acceptors (Lipinski definition) is 4. The molecule has 1 rings (SSSR count). The van der Waals surface area contributed by atoms with Gasteiger partial charge in [0.2, 0.25) is 0 Å². The molecule has 17 heavy (non-hydrogen) atoms. The molecule has 0 saturated carbocycles. The lowest BCUT2D eigenvalue weighted by Gasteiger charge is -2.14. The molecule has 0 amide bonds. The topological polar surface area (TPSA) is 87.0 Å². The molecule has 0 fully saturated rings. The van der Waals surface area contributed by atoms with Crippen LogP contribution in [0.15, 0.2) is 24.3 Å². The molecule has 0 spiro atoms. The van der Waals surface area contributed by atoms with Crippen LogP contribution in [0.25, 0.3) is 0 Å². The largest absolute Gasteiger partial charge is 0.479 e. The Labute approximate surface area is 94.9 Å². The predicted octanol–water partition coefficient (Wildman–Crippen LogP) is 0.767. The first-order chi connectivity index (χ1) is 7.91. The molecule has 0 aromatic heterocycles. The summed E-state index contributed by atoms with van der Waals surface area (Å²) in [6, 6.07) is 4.65. The molecule has 5 nitrogen and oxygen atoms in total. The van der Waals surface area contributed by atoms with Crippen LogP contribution in [-0.4, -0.2) is 34.0 Å². The minimum atomic E-state index is -2.96. The van der Waals surface area contributed by atoms with E-state index < -0.39 is 24.8 Å². The number of halogens is 2. The summed E-state index contributed by atoms with van der Waals surface area (Å²) in [4.78, 5) is 10.4. The van der Waals surface area contributed by atoms with Crippen molar-refractivity contribution in [3.8, 4) is 5.75 Å². The van der Waals surface area contributed by atoms with E-state index in [2.05, 4.69) is 4.74 Å². The van der Waals surface area contributed by atoms with Gasteiger partial charge in [-0.2, -0.15) is 8.78 Å². The summed E-state index contributed by atoms with van der Waals surface area (Å²) in [6.45, 7) is -2.96. The molecule has 0 bridgehead atoms. The molecule has 0 radical (unpaired) electrons. The van der Waals surface area contributed by atoms with Gasteiger partial charge in [0.05, 0.1) is 0 Å². The van der Waals surface area contributed by atoms with Gasteiger partial charge in [0, 0.05) is 0 Å². The molecule has 2 unspecified atom stereocenters. The number of hydrogen-bond donors (Lipinski definition) is 3. The van der Waals surface area contributed by atoms with Gasteiger partial charge in [-0.05, 0) is 17.7 Å². The minimum Gasteiger partial charge on any atom is -0.479 e. The summed E-state index contributed by atoms with van der Waals surface area (Å²) in [5.41, 5.74) is 0.0847. The first-order valence-corrected chi connectivity index (χ1v) is 4.55. The zero-order valence-electron chi connectivity index (χ0n) is 8.46. The summed E-state index contributed by atoms with van der Waals surface area (Å²) in [5.74, 6) is -1.70. The quantitative estimate of drug-likeness (QED) is 0.716. The van der Waals surface area contributed by atoms with Crippen LogP contribution in [0, 0.1) is 0 Å². The first-order valence-electron chi connectivity index (χ1n) is 4.55. The Hall–Kier alpha value is -1.73. The number of carboxylic acid groups (broad SMARTS) is 1. The van der Waals surface area contributed by atoms with E-state index in [4.69, 9.17) is 10.2 Å². The summed E-state index contributed by atoms with van der Waals surface area (Å²) < 4.78 is 27.7. The Morgan fingerprint density at radius 1 is 1.18 bits per heavy atom. The van der Waals surface area contributed by atoms with Gasteiger partial charge in [-0.15, -0.1) is 0 Å². The average Bonchev–Trinajstić information content (AvgIpc) is 2.27. The highest BCUT2D eigenvalue weighted by molar-refractivity contribution is 5.73. The molecular weight excluding hydrogens is 238 g/mol. The van der Waals surface area contributed by atoms with E-state index in [1.807, 2.05) is 0 Å². The van der Waals surface area contributed by atoms with Gasteiger partial charge >= 0.3 is 12.6 Å². The number of benzene rings is 1. The normalized spacial score (nSPS) is 14.4. The highest BCUT2D eigenvalue weighted by Gasteiger charge is 2.24. The van der Waals surface area contributed by atoms with Crippen molar-refractivity contribution in [1.29, 1.82) is 0 Å². The Balaban J connectivity index is 2.76. The molecule has 0 aliphatic carbocycles.